The Labute approximate surface area is 133 Å². The van der Waals surface area contributed by atoms with Crippen molar-refractivity contribution in [3.8, 4) is 0 Å². The van der Waals surface area contributed by atoms with E-state index in [1.54, 1.807) is 0 Å². The van der Waals surface area contributed by atoms with Crippen LogP contribution in [0, 0.1) is 0 Å². The maximum atomic E-state index is 11.8. The van der Waals surface area contributed by atoms with E-state index in [4.69, 9.17) is 16.8 Å². The topological polar surface area (TPSA) is 54.0 Å². The number of carbonyl (C=O) groups is 1. The van der Waals surface area contributed by atoms with Crippen LogP contribution in [0.5, 0.6) is 0 Å². The summed E-state index contributed by atoms with van der Waals surface area (Å²) in [6.45, 7) is 21.7. The molecule has 0 radical (unpaired) electrons. The number of hydrogen-bond acceptors (Lipinski definition) is 5. The van der Waals surface area contributed by atoms with Crippen molar-refractivity contribution < 1.29 is 21.6 Å². The van der Waals surface area contributed by atoms with Gasteiger partial charge in [0.05, 0.1) is 0 Å². The van der Waals surface area contributed by atoms with Gasteiger partial charge < -0.3 is 16.8 Å². The molecule has 0 fully saturated rings. The average Bonchev–Trinajstić information content (AvgIpc) is 2.07. The highest BCUT2D eigenvalue weighted by atomic mass is 28.5. The Morgan fingerprint density at radius 2 is 1.05 bits per heavy atom. The number of rotatable bonds is 8. The molecule has 0 amide bonds. The summed E-state index contributed by atoms with van der Waals surface area (Å²) in [6, 6.07) is 0. The predicted molar refractivity (Wildman–Crippen MR) is 95.3 cm³/mol. The molecule has 0 aromatic carbocycles. The average molecular weight is 367 g/mol. The van der Waals surface area contributed by atoms with Crippen molar-refractivity contribution in [1.82, 2.24) is 0 Å². The molecule has 0 aliphatic rings. The molecule has 0 saturated heterocycles. The fourth-order valence-corrected chi connectivity index (χ4v) is 12.9. The minimum atomic E-state index is -3.52. The molecule has 0 aliphatic carbocycles. The first-order chi connectivity index (χ1) is 9.08. The van der Waals surface area contributed by atoms with E-state index in [9.17, 15) is 4.79 Å². The molecule has 0 aromatic rings. The molecule has 0 atom stereocenters. The number of carbonyl (C=O) groups excluding carboxylic acids is 1. The minimum Gasteiger partial charge on any atom is -0.450 e. The van der Waals surface area contributed by atoms with Crippen LogP contribution in [0.25, 0.3) is 0 Å². The van der Waals surface area contributed by atoms with E-state index in [0.717, 1.165) is 6.08 Å². The molecular weight excluding hydrogens is 336 g/mol. The second-order valence-corrected chi connectivity index (χ2v) is 24.1. The maximum absolute atomic E-state index is 11.8. The fraction of sp³-hybridized carbons (Fsp3) is 0.750. The molecule has 124 valence electrons. The summed E-state index contributed by atoms with van der Waals surface area (Å²) in [5.74, 6) is -0.559. The number of hydrogen-bond donors (Lipinski definition) is 0. The highest BCUT2D eigenvalue weighted by molar-refractivity contribution is 6.88. The lowest BCUT2D eigenvalue weighted by Gasteiger charge is -2.39. The molecule has 0 saturated carbocycles. The van der Waals surface area contributed by atoms with Gasteiger partial charge in [0.2, 0.25) is 0 Å². The molecule has 5 nitrogen and oxygen atoms in total. The van der Waals surface area contributed by atoms with Gasteiger partial charge in [0.1, 0.15) is 0 Å². The summed E-state index contributed by atoms with van der Waals surface area (Å²) in [4.78, 5) is 11.8. The van der Waals surface area contributed by atoms with Crippen LogP contribution in [-0.2, 0) is 21.6 Å². The molecule has 0 unspecified atom stereocenters. The van der Waals surface area contributed by atoms with Crippen molar-refractivity contribution in [2.75, 3.05) is 0 Å². The predicted octanol–water partition coefficient (Wildman–Crippen LogP) is 3.71. The summed E-state index contributed by atoms with van der Waals surface area (Å²) in [5, 5.41) is 0. The Bertz CT molecular complexity index is 338. The van der Waals surface area contributed by atoms with Gasteiger partial charge in [-0.15, -0.1) is 0 Å². The van der Waals surface area contributed by atoms with Crippen molar-refractivity contribution in [2.24, 2.45) is 0 Å². The molecular formula is C12H30O5Si4. The van der Waals surface area contributed by atoms with Crippen LogP contribution in [0.4, 0.5) is 0 Å². The van der Waals surface area contributed by atoms with Crippen LogP contribution in [0.2, 0.25) is 58.9 Å². The second-order valence-electron chi connectivity index (χ2n) is 7.77. The van der Waals surface area contributed by atoms with E-state index in [1.165, 1.54) is 0 Å². The van der Waals surface area contributed by atoms with Gasteiger partial charge in [-0.25, -0.2) is 4.79 Å². The standard InChI is InChI=1S/C12H30O5Si4/c1-11-12(13)14-21(15-18(2,3)4,16-19(5,6)7)17-20(8,9)10/h11H,1H2,2-10H3. The SMILES string of the molecule is C=CC(=O)O[Si](O[Si](C)(C)C)(O[Si](C)(C)C)O[Si](C)(C)C. The van der Waals surface area contributed by atoms with Crippen LogP contribution in [-0.4, -0.2) is 40.0 Å². The van der Waals surface area contributed by atoms with Gasteiger partial charge in [-0.3, -0.25) is 0 Å². The lowest BCUT2D eigenvalue weighted by Crippen LogP contribution is -2.63. The Hall–Kier alpha value is -0.0425. The molecule has 0 bridgehead atoms. The lowest BCUT2D eigenvalue weighted by molar-refractivity contribution is -0.134. The quantitative estimate of drug-likeness (QED) is 0.484. The molecule has 0 N–H and O–H groups in total. The third-order valence-electron chi connectivity index (χ3n) is 1.69. The van der Waals surface area contributed by atoms with E-state index >= 15 is 0 Å². The van der Waals surface area contributed by atoms with Gasteiger partial charge in [0.25, 0.3) is 0 Å². The van der Waals surface area contributed by atoms with E-state index in [2.05, 4.69) is 6.58 Å². The molecule has 0 spiro atoms. The van der Waals surface area contributed by atoms with Gasteiger partial charge in [-0.2, -0.15) is 0 Å². The van der Waals surface area contributed by atoms with Crippen LogP contribution in [0.15, 0.2) is 12.7 Å². The highest BCUT2D eigenvalue weighted by Gasteiger charge is 2.56. The van der Waals surface area contributed by atoms with E-state index in [-0.39, 0.29) is 0 Å². The Morgan fingerprint density at radius 3 is 1.24 bits per heavy atom. The third kappa shape index (κ3) is 10.3. The third-order valence-corrected chi connectivity index (χ3v) is 12.5. The highest BCUT2D eigenvalue weighted by Crippen LogP contribution is 2.26. The van der Waals surface area contributed by atoms with E-state index in [0.29, 0.717) is 0 Å². The van der Waals surface area contributed by atoms with Crippen LogP contribution in [0.3, 0.4) is 0 Å². The normalized spacial score (nSPS) is 14.0. The summed E-state index contributed by atoms with van der Waals surface area (Å²) >= 11 is 0. The van der Waals surface area contributed by atoms with Crippen LogP contribution < -0.4 is 0 Å². The molecule has 0 rings (SSSR count). The van der Waals surface area contributed by atoms with Gasteiger partial charge in [0.15, 0.2) is 25.0 Å². The zero-order valence-electron chi connectivity index (χ0n) is 14.8. The second kappa shape index (κ2) is 7.02. The van der Waals surface area contributed by atoms with E-state index < -0.39 is 40.0 Å². The molecule has 0 aromatic heterocycles. The minimum absolute atomic E-state index is 0.559. The monoisotopic (exact) mass is 366 g/mol. The first-order valence-electron chi connectivity index (χ1n) is 7.03. The van der Waals surface area contributed by atoms with E-state index in [1.807, 2.05) is 58.9 Å². The Kier molecular flexibility index (Phi) is 7.01. The van der Waals surface area contributed by atoms with Gasteiger partial charge >= 0.3 is 15.0 Å². The van der Waals surface area contributed by atoms with Crippen molar-refractivity contribution >= 4 is 40.0 Å². The van der Waals surface area contributed by atoms with Gasteiger partial charge in [-0.1, -0.05) is 6.58 Å². The van der Waals surface area contributed by atoms with Crippen LogP contribution >= 0.6 is 0 Å². The molecule has 9 heteroatoms. The zero-order valence-corrected chi connectivity index (χ0v) is 18.8. The van der Waals surface area contributed by atoms with Crippen molar-refractivity contribution in [2.45, 2.75) is 58.9 Å². The first-order valence-corrected chi connectivity index (χ1v) is 18.9. The zero-order chi connectivity index (χ0) is 17.1. The lowest BCUT2D eigenvalue weighted by atomic mass is 10.7. The summed E-state index contributed by atoms with van der Waals surface area (Å²) in [5.41, 5.74) is 0. The fourth-order valence-electron chi connectivity index (χ4n) is 1.41. The molecule has 0 heterocycles. The summed E-state index contributed by atoms with van der Waals surface area (Å²) < 4.78 is 24.0. The first kappa shape index (κ1) is 21.0. The van der Waals surface area contributed by atoms with Gasteiger partial charge in [0, 0.05) is 6.08 Å². The van der Waals surface area contributed by atoms with Gasteiger partial charge in [-0.05, 0) is 58.9 Å². The van der Waals surface area contributed by atoms with Crippen molar-refractivity contribution in [1.29, 1.82) is 0 Å². The maximum Gasteiger partial charge on any atom is 0.719 e. The smallest absolute Gasteiger partial charge is 0.450 e. The van der Waals surface area contributed by atoms with Crippen LogP contribution in [0.1, 0.15) is 0 Å². The Balaban J connectivity index is 5.68. The summed E-state index contributed by atoms with van der Waals surface area (Å²) in [6.07, 6.45) is 1.12. The molecule has 21 heavy (non-hydrogen) atoms. The van der Waals surface area contributed by atoms with Crippen molar-refractivity contribution in [3.05, 3.63) is 12.7 Å². The summed E-state index contributed by atoms with van der Waals surface area (Å²) in [7, 11) is -9.60. The molecule has 0 aliphatic heterocycles. The largest absolute Gasteiger partial charge is 0.719 e. The Morgan fingerprint density at radius 1 is 0.762 bits per heavy atom. The van der Waals surface area contributed by atoms with Crippen molar-refractivity contribution in [3.63, 3.8) is 0 Å².